The van der Waals surface area contributed by atoms with Crippen molar-refractivity contribution in [2.45, 2.75) is 38.9 Å². The lowest BCUT2D eigenvalue weighted by Crippen LogP contribution is -2.52. The summed E-state index contributed by atoms with van der Waals surface area (Å²) in [6, 6.07) is 5.70. The summed E-state index contributed by atoms with van der Waals surface area (Å²) in [4.78, 5) is 4.15. The first-order chi connectivity index (χ1) is 6.83. The highest BCUT2D eigenvalue weighted by atomic mass is 16.5. The van der Waals surface area contributed by atoms with E-state index in [1.165, 1.54) is 0 Å². The van der Waals surface area contributed by atoms with Gasteiger partial charge in [-0.25, -0.2) is 0 Å². The quantitative estimate of drug-likeness (QED) is 0.512. The van der Waals surface area contributed by atoms with Crippen molar-refractivity contribution in [2.75, 3.05) is 0 Å². The molecule has 3 N–H and O–H groups in total. The van der Waals surface area contributed by atoms with E-state index >= 15 is 0 Å². The lowest BCUT2D eigenvalue weighted by molar-refractivity contribution is -0.157. The van der Waals surface area contributed by atoms with Crippen LogP contribution in [0, 0.1) is 0 Å². The Labute approximate surface area is 91.8 Å². The lowest BCUT2D eigenvalue weighted by Gasteiger charge is -2.29. The van der Waals surface area contributed by atoms with E-state index in [1.807, 2.05) is 45.9 Å². The van der Waals surface area contributed by atoms with Crippen LogP contribution in [0.5, 0.6) is 0 Å². The first kappa shape index (κ1) is 12.2. The molecule has 81 valence electrons. The molecule has 0 bridgehead atoms. The van der Waals surface area contributed by atoms with Crippen LogP contribution in [0.2, 0.25) is 0 Å². The fraction of sp³-hybridized carbons (Fsp3) is 0.545. The Balaban J connectivity index is 2.58. The summed E-state index contributed by atoms with van der Waals surface area (Å²) in [6.45, 7) is 7.64. The van der Waals surface area contributed by atoms with Crippen LogP contribution in [0.25, 0.3) is 0 Å². The van der Waals surface area contributed by atoms with Crippen LogP contribution >= 0.6 is 0 Å². The zero-order chi connectivity index (χ0) is 11.5. The van der Waals surface area contributed by atoms with Gasteiger partial charge in [-0.3, -0.25) is 4.98 Å². The second-order valence-corrected chi connectivity index (χ2v) is 4.70. The number of rotatable bonds is 4. The number of pyridine rings is 1. The summed E-state index contributed by atoms with van der Waals surface area (Å²) in [5, 5.41) is 7.97. The summed E-state index contributed by atoms with van der Waals surface area (Å²) in [6.07, 6.45) is 1.74. The Morgan fingerprint density at radius 1 is 1.27 bits per heavy atom. The van der Waals surface area contributed by atoms with Crippen molar-refractivity contribution in [1.29, 1.82) is 0 Å². The van der Waals surface area contributed by atoms with Crippen molar-refractivity contribution in [1.82, 2.24) is 4.98 Å². The van der Waals surface area contributed by atoms with Gasteiger partial charge in [-0.1, -0.05) is 6.07 Å². The smallest absolute Gasteiger partial charge is 0.525 e. The summed E-state index contributed by atoms with van der Waals surface area (Å²) >= 11 is 0. The van der Waals surface area contributed by atoms with Crippen LogP contribution in [-0.2, 0) is 0 Å². The summed E-state index contributed by atoms with van der Waals surface area (Å²) < 4.78 is 4.42. The van der Waals surface area contributed by atoms with Gasteiger partial charge >= 0.3 is 7.48 Å². The second-order valence-electron chi connectivity index (χ2n) is 4.70. The molecule has 0 amide bonds. The molecule has 0 saturated carbocycles. The molecule has 0 fully saturated rings. The molecule has 0 aliphatic heterocycles. The van der Waals surface area contributed by atoms with Crippen molar-refractivity contribution in [3.8, 4) is 0 Å². The molecular weight excluding hydrogens is 189 g/mol. The third kappa shape index (κ3) is 3.32. The number of aliphatic hydroxyl groups is 1. The Morgan fingerprint density at radius 2 is 1.93 bits per heavy atom. The Morgan fingerprint density at radius 3 is 2.40 bits per heavy atom. The maximum Gasteiger partial charge on any atom is 0.645 e. The van der Waals surface area contributed by atoms with Gasteiger partial charge in [0, 0.05) is 33.9 Å². The van der Waals surface area contributed by atoms with Gasteiger partial charge in [0.15, 0.2) is 0 Å². The molecule has 1 aromatic heterocycles. The zero-order valence-electron chi connectivity index (χ0n) is 9.78. The van der Waals surface area contributed by atoms with Crippen molar-refractivity contribution < 1.29 is 9.76 Å². The van der Waals surface area contributed by atoms with Crippen LogP contribution in [0.4, 0.5) is 0 Å². The molecule has 15 heavy (non-hydrogen) atoms. The fourth-order valence-corrected chi connectivity index (χ4v) is 0.841. The first-order valence-electron chi connectivity index (χ1n) is 5.04. The number of nitrogens with zero attached hydrogens (tertiary/aromatic N) is 1. The molecule has 0 aliphatic carbocycles. The minimum absolute atomic E-state index is 0.412. The fourth-order valence-electron chi connectivity index (χ4n) is 0.841. The maximum absolute atomic E-state index is 7.97. The van der Waals surface area contributed by atoms with Crippen LogP contribution in [-0.4, -0.2) is 33.4 Å². The monoisotopic (exact) mass is 208 g/mol. The highest BCUT2D eigenvalue weighted by molar-refractivity contribution is 6.44. The summed E-state index contributed by atoms with van der Waals surface area (Å²) in [5.74, 6) is 0. The van der Waals surface area contributed by atoms with Crippen LogP contribution in [0.3, 0.4) is 0 Å². The standard InChI is InChI=1S/C11H18BNO2/c1-10(2,14)11(3,4)15-12-9-7-5-6-8-13-9/h5-8,14-15H,1-4H3/q+1/p+1. The first-order valence-corrected chi connectivity index (χ1v) is 5.04. The molecule has 1 aromatic rings. The molecule has 0 saturated heterocycles. The molecule has 3 nitrogen and oxygen atoms in total. The summed E-state index contributed by atoms with van der Waals surface area (Å²) in [7, 11) is 1.73. The summed E-state index contributed by atoms with van der Waals surface area (Å²) in [5.41, 5.74) is -0.183. The van der Waals surface area contributed by atoms with Gasteiger partial charge in [0.05, 0.1) is 0 Å². The number of hydrogen-bond donors (Lipinski definition) is 0. The van der Waals surface area contributed by atoms with Crippen LogP contribution in [0.15, 0.2) is 24.4 Å². The van der Waals surface area contributed by atoms with Gasteiger partial charge in [-0.15, -0.1) is 0 Å². The van der Waals surface area contributed by atoms with E-state index in [-0.39, 0.29) is 0 Å². The predicted molar refractivity (Wildman–Crippen MR) is 63.6 cm³/mol. The van der Waals surface area contributed by atoms with E-state index in [0.717, 1.165) is 5.59 Å². The van der Waals surface area contributed by atoms with E-state index in [1.54, 1.807) is 13.7 Å². The minimum atomic E-state index is -0.599. The molecule has 1 rings (SSSR count). The topological polar surface area (TPSA) is 48.6 Å². The average Bonchev–Trinajstić information content (AvgIpc) is 2.15. The molecule has 0 aromatic carbocycles. The predicted octanol–water partition coefficient (Wildman–Crippen LogP) is 0.136. The third-order valence-corrected chi connectivity index (χ3v) is 2.74. The Hall–Kier alpha value is -0.865. The van der Waals surface area contributed by atoms with E-state index < -0.39 is 11.2 Å². The average molecular weight is 208 g/mol. The molecule has 0 spiro atoms. The van der Waals surface area contributed by atoms with Crippen molar-refractivity contribution in [2.24, 2.45) is 0 Å². The van der Waals surface area contributed by atoms with Gasteiger partial charge in [0.2, 0.25) is 11.2 Å². The lowest BCUT2D eigenvalue weighted by atomic mass is 9.85. The highest BCUT2D eigenvalue weighted by Gasteiger charge is 2.45. The Bertz CT molecular complexity index is 306. The van der Waals surface area contributed by atoms with Crippen molar-refractivity contribution >= 4 is 13.1 Å². The van der Waals surface area contributed by atoms with Gasteiger partial charge < -0.3 is 9.76 Å². The minimum Gasteiger partial charge on any atom is -0.525 e. The molecule has 4 heteroatoms. The largest absolute Gasteiger partial charge is 0.645 e. The molecule has 0 aliphatic rings. The number of hydrogen-bond acceptors (Lipinski definition) is 1. The van der Waals surface area contributed by atoms with E-state index in [9.17, 15) is 0 Å². The SMILES string of the molecule is CC(C)([OH2+])C(C)(C)[OH+][B]c1ccccn1. The van der Waals surface area contributed by atoms with Gasteiger partial charge in [-0.05, 0) is 12.1 Å². The van der Waals surface area contributed by atoms with Crippen LogP contribution < -0.4 is 5.59 Å². The zero-order valence-corrected chi connectivity index (χ0v) is 9.78. The van der Waals surface area contributed by atoms with E-state index in [2.05, 4.69) is 9.64 Å². The maximum atomic E-state index is 7.97. The van der Waals surface area contributed by atoms with E-state index in [4.69, 9.17) is 5.11 Å². The molecule has 1 radical (unpaired) electrons. The van der Waals surface area contributed by atoms with Crippen LogP contribution in [0.1, 0.15) is 27.7 Å². The Kier molecular flexibility index (Phi) is 3.52. The van der Waals surface area contributed by atoms with Gasteiger partial charge in [0.1, 0.15) is 5.59 Å². The molecule has 0 unspecified atom stereocenters. The highest BCUT2D eigenvalue weighted by Crippen LogP contribution is 2.22. The van der Waals surface area contributed by atoms with Crippen molar-refractivity contribution in [3.63, 3.8) is 0 Å². The molecular formula is C11H19BNO2+2. The van der Waals surface area contributed by atoms with Crippen molar-refractivity contribution in [3.05, 3.63) is 24.4 Å². The molecule has 1 heterocycles. The number of aromatic nitrogens is 1. The normalized spacial score (nSPS) is 12.6. The van der Waals surface area contributed by atoms with E-state index in [0.29, 0.717) is 0 Å². The van der Waals surface area contributed by atoms with Gasteiger partial charge in [-0.2, -0.15) is 0 Å². The second kappa shape index (κ2) is 4.33. The molecule has 0 atom stereocenters. The third-order valence-electron chi connectivity index (χ3n) is 2.74. The van der Waals surface area contributed by atoms with Gasteiger partial charge in [0.25, 0.3) is 0 Å².